The number of carbonyl (C=O) groups is 1. The van der Waals surface area contributed by atoms with Gasteiger partial charge in [0.2, 0.25) is 0 Å². The molecule has 4 aromatic rings. The molecule has 6 nitrogen and oxygen atoms in total. The standard InChI is InChI=1S/C28H29N5OS/c34-27(29-16-13-24-20-35-28(30-24)23-9-5-2-6-10-23)25-11-12-26(32-31-25)33-17-14-22(15-18-33)19-21-7-3-1-4-8-21/h1-12,20,22H,13-19H2,(H,29,34). The Kier molecular flexibility index (Phi) is 7.44. The molecule has 2 aromatic heterocycles. The summed E-state index contributed by atoms with van der Waals surface area (Å²) in [5.41, 5.74) is 3.85. The SMILES string of the molecule is O=C(NCCc1csc(-c2ccccc2)n1)c1ccc(N2CCC(Cc3ccccc3)CC2)nn1. The third-order valence-electron chi connectivity index (χ3n) is 6.43. The van der Waals surface area contributed by atoms with E-state index < -0.39 is 0 Å². The van der Waals surface area contributed by atoms with Crippen LogP contribution in [0.15, 0.2) is 78.2 Å². The molecule has 1 fully saturated rings. The third-order valence-corrected chi connectivity index (χ3v) is 7.37. The highest BCUT2D eigenvalue weighted by Crippen LogP contribution is 2.25. The van der Waals surface area contributed by atoms with Crippen LogP contribution in [-0.2, 0) is 12.8 Å². The van der Waals surface area contributed by atoms with Gasteiger partial charge in [0.25, 0.3) is 5.91 Å². The maximum atomic E-state index is 12.5. The van der Waals surface area contributed by atoms with Crippen molar-refractivity contribution < 1.29 is 4.79 Å². The van der Waals surface area contributed by atoms with Crippen molar-refractivity contribution in [3.63, 3.8) is 0 Å². The summed E-state index contributed by atoms with van der Waals surface area (Å²) in [5, 5.41) is 14.5. The lowest BCUT2D eigenvalue weighted by Crippen LogP contribution is -2.35. The lowest BCUT2D eigenvalue weighted by Gasteiger charge is -2.32. The van der Waals surface area contributed by atoms with Gasteiger partial charge in [0.05, 0.1) is 5.69 Å². The predicted octanol–water partition coefficient (Wildman–Crippen LogP) is 5.03. The van der Waals surface area contributed by atoms with Crippen LogP contribution in [0.3, 0.4) is 0 Å². The Morgan fingerprint density at radius 2 is 1.69 bits per heavy atom. The number of aromatic nitrogens is 3. The van der Waals surface area contributed by atoms with Crippen LogP contribution in [0.5, 0.6) is 0 Å². The number of anilines is 1. The summed E-state index contributed by atoms with van der Waals surface area (Å²) >= 11 is 1.62. The molecule has 2 aromatic carbocycles. The van der Waals surface area contributed by atoms with E-state index in [0.29, 0.717) is 24.6 Å². The van der Waals surface area contributed by atoms with E-state index in [2.05, 4.69) is 67.9 Å². The minimum absolute atomic E-state index is 0.205. The van der Waals surface area contributed by atoms with Gasteiger partial charge in [0.1, 0.15) is 5.01 Å². The van der Waals surface area contributed by atoms with Crippen LogP contribution < -0.4 is 10.2 Å². The second-order valence-electron chi connectivity index (χ2n) is 8.91. The van der Waals surface area contributed by atoms with Crippen molar-refractivity contribution in [1.29, 1.82) is 0 Å². The molecule has 0 aliphatic carbocycles. The molecule has 0 unspecified atom stereocenters. The number of nitrogens with one attached hydrogen (secondary N) is 1. The largest absolute Gasteiger partial charge is 0.355 e. The Labute approximate surface area is 210 Å². The van der Waals surface area contributed by atoms with Crippen LogP contribution in [-0.4, -0.2) is 40.7 Å². The van der Waals surface area contributed by atoms with Crippen LogP contribution >= 0.6 is 11.3 Å². The second-order valence-corrected chi connectivity index (χ2v) is 9.77. The van der Waals surface area contributed by atoms with E-state index >= 15 is 0 Å². The number of amides is 1. The fraction of sp³-hybridized carbons (Fsp3) is 0.286. The molecule has 0 spiro atoms. The molecule has 1 N–H and O–H groups in total. The molecular formula is C28H29N5OS. The van der Waals surface area contributed by atoms with Crippen molar-refractivity contribution in [2.75, 3.05) is 24.5 Å². The van der Waals surface area contributed by atoms with Gasteiger partial charge in [-0.3, -0.25) is 4.79 Å². The highest BCUT2D eigenvalue weighted by molar-refractivity contribution is 7.13. The Hall–Kier alpha value is -3.58. The topological polar surface area (TPSA) is 71.0 Å². The Balaban J connectivity index is 1.07. The molecule has 0 atom stereocenters. The van der Waals surface area contributed by atoms with Crippen molar-refractivity contribution >= 4 is 23.1 Å². The number of thiazole rings is 1. The molecule has 7 heteroatoms. The van der Waals surface area contributed by atoms with Crippen LogP contribution in [0.2, 0.25) is 0 Å². The molecule has 0 radical (unpaired) electrons. The summed E-state index contributed by atoms with van der Waals surface area (Å²) in [4.78, 5) is 19.5. The first kappa shape index (κ1) is 23.2. The van der Waals surface area contributed by atoms with Gasteiger partial charge in [-0.2, -0.15) is 0 Å². The van der Waals surface area contributed by atoms with E-state index in [-0.39, 0.29) is 5.91 Å². The molecule has 5 rings (SSSR count). The van der Waals surface area contributed by atoms with Crippen LogP contribution in [0.4, 0.5) is 5.82 Å². The zero-order valence-electron chi connectivity index (χ0n) is 19.6. The average molecular weight is 484 g/mol. The number of hydrogen-bond donors (Lipinski definition) is 1. The predicted molar refractivity (Wildman–Crippen MR) is 141 cm³/mol. The molecule has 3 heterocycles. The van der Waals surface area contributed by atoms with Gasteiger partial charge in [-0.15, -0.1) is 21.5 Å². The normalized spacial score (nSPS) is 14.1. The van der Waals surface area contributed by atoms with Gasteiger partial charge in [-0.05, 0) is 42.9 Å². The van der Waals surface area contributed by atoms with Gasteiger partial charge in [0.15, 0.2) is 11.5 Å². The lowest BCUT2D eigenvalue weighted by atomic mass is 9.90. The van der Waals surface area contributed by atoms with Gasteiger partial charge in [-0.25, -0.2) is 4.98 Å². The molecule has 1 aliphatic heterocycles. The highest BCUT2D eigenvalue weighted by Gasteiger charge is 2.21. The van der Waals surface area contributed by atoms with E-state index in [4.69, 9.17) is 0 Å². The highest BCUT2D eigenvalue weighted by atomic mass is 32.1. The number of rotatable bonds is 8. The van der Waals surface area contributed by atoms with Crippen molar-refractivity contribution in [2.24, 2.45) is 5.92 Å². The van der Waals surface area contributed by atoms with Crippen molar-refractivity contribution in [3.05, 3.63) is 95.1 Å². The summed E-state index contributed by atoms with van der Waals surface area (Å²) in [5.74, 6) is 1.34. The second kappa shape index (κ2) is 11.2. The molecule has 1 aliphatic rings. The molecule has 35 heavy (non-hydrogen) atoms. The number of hydrogen-bond acceptors (Lipinski definition) is 6. The molecule has 0 saturated carbocycles. The fourth-order valence-electron chi connectivity index (χ4n) is 4.46. The van der Waals surface area contributed by atoms with Gasteiger partial charge < -0.3 is 10.2 Å². The van der Waals surface area contributed by atoms with Crippen molar-refractivity contribution in [2.45, 2.75) is 25.7 Å². The van der Waals surface area contributed by atoms with Gasteiger partial charge in [-0.1, -0.05) is 60.7 Å². The van der Waals surface area contributed by atoms with Crippen LogP contribution in [0.25, 0.3) is 10.6 Å². The van der Waals surface area contributed by atoms with Crippen molar-refractivity contribution in [3.8, 4) is 10.6 Å². The summed E-state index contributed by atoms with van der Waals surface area (Å²) in [6.07, 6.45) is 4.09. The Bertz CT molecular complexity index is 1220. The Morgan fingerprint density at radius 1 is 0.943 bits per heavy atom. The van der Waals surface area contributed by atoms with E-state index in [1.807, 2.05) is 29.6 Å². The summed E-state index contributed by atoms with van der Waals surface area (Å²) in [6, 6.07) is 24.5. The average Bonchev–Trinajstić information content (AvgIpc) is 3.39. The molecule has 1 saturated heterocycles. The first-order chi connectivity index (χ1) is 17.2. The number of piperidine rings is 1. The summed E-state index contributed by atoms with van der Waals surface area (Å²) in [6.45, 7) is 2.45. The van der Waals surface area contributed by atoms with Gasteiger partial charge in [0, 0.05) is 37.0 Å². The van der Waals surface area contributed by atoms with E-state index in [0.717, 1.165) is 54.4 Å². The smallest absolute Gasteiger partial charge is 0.271 e. The zero-order chi connectivity index (χ0) is 23.9. The van der Waals surface area contributed by atoms with Crippen LogP contribution in [0, 0.1) is 5.92 Å². The quantitative estimate of drug-likeness (QED) is 0.381. The Morgan fingerprint density at radius 3 is 2.40 bits per heavy atom. The van der Waals surface area contributed by atoms with E-state index in [9.17, 15) is 4.79 Å². The maximum absolute atomic E-state index is 12.5. The lowest BCUT2D eigenvalue weighted by molar-refractivity contribution is 0.0948. The molecule has 0 bridgehead atoms. The van der Waals surface area contributed by atoms with E-state index in [1.165, 1.54) is 5.56 Å². The molecular weight excluding hydrogens is 454 g/mol. The van der Waals surface area contributed by atoms with Gasteiger partial charge >= 0.3 is 0 Å². The van der Waals surface area contributed by atoms with E-state index in [1.54, 1.807) is 17.4 Å². The first-order valence-electron chi connectivity index (χ1n) is 12.2. The minimum atomic E-state index is -0.205. The maximum Gasteiger partial charge on any atom is 0.271 e. The molecule has 178 valence electrons. The fourth-order valence-corrected chi connectivity index (χ4v) is 5.32. The minimum Gasteiger partial charge on any atom is -0.355 e. The third kappa shape index (κ3) is 6.11. The summed E-state index contributed by atoms with van der Waals surface area (Å²) < 4.78 is 0. The zero-order valence-corrected chi connectivity index (χ0v) is 20.5. The monoisotopic (exact) mass is 483 g/mol. The number of nitrogens with zero attached hydrogens (tertiary/aromatic N) is 4. The van der Waals surface area contributed by atoms with Crippen LogP contribution in [0.1, 0.15) is 34.6 Å². The number of carbonyl (C=O) groups excluding carboxylic acids is 1. The first-order valence-corrected chi connectivity index (χ1v) is 13.0. The molecule has 1 amide bonds. The summed E-state index contributed by atoms with van der Waals surface area (Å²) in [7, 11) is 0. The number of benzene rings is 2. The van der Waals surface area contributed by atoms with Crippen molar-refractivity contribution in [1.82, 2.24) is 20.5 Å².